The van der Waals surface area contributed by atoms with Crippen LogP contribution in [0.2, 0.25) is 0 Å². The van der Waals surface area contributed by atoms with Crippen molar-refractivity contribution in [2.45, 2.75) is 20.0 Å². The van der Waals surface area contributed by atoms with Crippen molar-refractivity contribution in [3.8, 4) is 0 Å². The molecule has 0 radical (unpaired) electrons. The molecule has 5 nitrogen and oxygen atoms in total. The van der Waals surface area contributed by atoms with E-state index in [9.17, 15) is 9.59 Å². The van der Waals surface area contributed by atoms with Crippen LogP contribution in [0.1, 0.15) is 18.1 Å². The second-order valence-electron chi connectivity index (χ2n) is 4.37. The van der Waals surface area contributed by atoms with Crippen molar-refractivity contribution in [1.82, 2.24) is 9.13 Å². The molecule has 0 aliphatic heterocycles. The average molecular weight is 289 g/mol. The third-order valence-corrected chi connectivity index (χ3v) is 3.30. The minimum atomic E-state index is -0.307. The molecule has 0 atom stereocenters. The van der Waals surface area contributed by atoms with Gasteiger partial charge in [0.05, 0.1) is 6.54 Å². The fourth-order valence-electron chi connectivity index (χ4n) is 1.90. The van der Waals surface area contributed by atoms with Crippen LogP contribution in [0.4, 0.5) is 0 Å². The number of hydrogen-bond donors (Lipinski definition) is 1. The molecule has 1 aromatic carbocycles. The maximum Gasteiger partial charge on any atom is 0.331 e. The molecule has 0 amide bonds. The van der Waals surface area contributed by atoms with Gasteiger partial charge in [0.15, 0.2) is 0 Å². The molecule has 0 saturated heterocycles. The van der Waals surface area contributed by atoms with Crippen molar-refractivity contribution in [2.75, 3.05) is 0 Å². The molecule has 0 bridgehead atoms. The molecule has 0 fully saturated rings. The van der Waals surface area contributed by atoms with Crippen molar-refractivity contribution < 1.29 is 0 Å². The molecular weight excluding hydrogens is 274 g/mol. The molecular formula is C14H15N3O2S. The number of benzene rings is 1. The second kappa shape index (κ2) is 5.83. The lowest BCUT2D eigenvalue weighted by molar-refractivity contribution is 0.600. The molecule has 0 aliphatic rings. The molecule has 2 rings (SSSR count). The second-order valence-corrected chi connectivity index (χ2v) is 4.81. The largest absolute Gasteiger partial charge is 0.389 e. The summed E-state index contributed by atoms with van der Waals surface area (Å²) in [4.78, 5) is 24.2. The monoisotopic (exact) mass is 289 g/mol. The van der Waals surface area contributed by atoms with E-state index in [4.69, 9.17) is 18.0 Å². The van der Waals surface area contributed by atoms with Crippen molar-refractivity contribution in [3.63, 3.8) is 0 Å². The summed E-state index contributed by atoms with van der Waals surface area (Å²) in [6.07, 6.45) is 1.51. The van der Waals surface area contributed by atoms with E-state index in [0.29, 0.717) is 11.5 Å². The molecule has 0 aliphatic carbocycles. The summed E-state index contributed by atoms with van der Waals surface area (Å²) < 4.78 is 2.70. The first-order chi connectivity index (χ1) is 9.52. The summed E-state index contributed by atoms with van der Waals surface area (Å²) >= 11 is 4.88. The quantitative estimate of drug-likeness (QED) is 0.842. The average Bonchev–Trinajstić information content (AvgIpc) is 2.44. The van der Waals surface area contributed by atoms with Gasteiger partial charge in [-0.2, -0.15) is 0 Å². The molecule has 104 valence electrons. The molecule has 20 heavy (non-hydrogen) atoms. The Morgan fingerprint density at radius 3 is 2.40 bits per heavy atom. The van der Waals surface area contributed by atoms with Gasteiger partial charge < -0.3 is 10.3 Å². The zero-order chi connectivity index (χ0) is 14.7. The third-order valence-electron chi connectivity index (χ3n) is 3.06. The van der Waals surface area contributed by atoms with E-state index >= 15 is 0 Å². The minimum absolute atomic E-state index is 0.232. The highest BCUT2D eigenvalue weighted by Gasteiger charge is 2.05. The molecule has 0 spiro atoms. The van der Waals surface area contributed by atoms with Crippen LogP contribution in [0.3, 0.4) is 0 Å². The Labute approximate surface area is 121 Å². The lowest BCUT2D eigenvalue weighted by Crippen LogP contribution is -2.38. The van der Waals surface area contributed by atoms with E-state index in [0.717, 1.165) is 11.1 Å². The molecule has 1 aromatic heterocycles. The van der Waals surface area contributed by atoms with Crippen molar-refractivity contribution in [1.29, 1.82) is 0 Å². The van der Waals surface area contributed by atoms with Gasteiger partial charge in [0, 0.05) is 24.4 Å². The van der Waals surface area contributed by atoms with E-state index in [-0.39, 0.29) is 17.8 Å². The van der Waals surface area contributed by atoms with Crippen LogP contribution < -0.4 is 17.0 Å². The SMILES string of the molecule is CCn1ccc(=O)n(Cc2ccc(C(N)=S)cc2)c1=O. The molecule has 2 aromatic rings. The fraction of sp³-hybridized carbons (Fsp3) is 0.214. The normalized spacial score (nSPS) is 10.4. The summed E-state index contributed by atoms with van der Waals surface area (Å²) in [7, 11) is 0. The lowest BCUT2D eigenvalue weighted by atomic mass is 10.1. The van der Waals surface area contributed by atoms with E-state index in [2.05, 4.69) is 0 Å². The van der Waals surface area contributed by atoms with E-state index in [1.54, 1.807) is 12.1 Å². The van der Waals surface area contributed by atoms with Gasteiger partial charge in [-0.1, -0.05) is 36.5 Å². The van der Waals surface area contributed by atoms with Gasteiger partial charge in [-0.05, 0) is 12.5 Å². The van der Waals surface area contributed by atoms with E-state index in [1.165, 1.54) is 21.4 Å². The van der Waals surface area contributed by atoms with Gasteiger partial charge in [-0.3, -0.25) is 9.36 Å². The first kappa shape index (κ1) is 14.2. The Balaban J connectivity index is 2.37. The highest BCUT2D eigenvalue weighted by atomic mass is 32.1. The van der Waals surface area contributed by atoms with Crippen molar-refractivity contribution in [3.05, 3.63) is 68.5 Å². The first-order valence-corrected chi connectivity index (χ1v) is 6.62. The summed E-state index contributed by atoms with van der Waals surface area (Å²) in [6, 6.07) is 8.58. The molecule has 2 N–H and O–H groups in total. The summed E-state index contributed by atoms with van der Waals surface area (Å²) in [5, 5.41) is 0. The van der Waals surface area contributed by atoms with Crippen LogP contribution in [0.15, 0.2) is 46.1 Å². The van der Waals surface area contributed by atoms with Gasteiger partial charge in [0.2, 0.25) is 0 Å². The van der Waals surface area contributed by atoms with Crippen LogP contribution in [0.5, 0.6) is 0 Å². The number of nitrogens with zero attached hydrogens (tertiary/aromatic N) is 2. The maximum atomic E-state index is 12.1. The Hall–Kier alpha value is -2.21. The number of hydrogen-bond acceptors (Lipinski definition) is 3. The molecule has 0 saturated carbocycles. The molecule has 6 heteroatoms. The Kier molecular flexibility index (Phi) is 4.14. The number of aryl methyl sites for hydroxylation is 1. The molecule has 0 unspecified atom stereocenters. The van der Waals surface area contributed by atoms with Gasteiger partial charge in [-0.15, -0.1) is 0 Å². The standard InChI is InChI=1S/C14H15N3O2S/c1-2-16-8-7-12(18)17(14(16)19)9-10-3-5-11(6-4-10)13(15)20/h3-8H,2,9H2,1H3,(H2,15,20). The number of aromatic nitrogens is 2. The number of nitrogens with two attached hydrogens (primary N) is 1. The molecule has 1 heterocycles. The van der Waals surface area contributed by atoms with Crippen LogP contribution in [0, 0.1) is 0 Å². The first-order valence-electron chi connectivity index (χ1n) is 6.22. The fourth-order valence-corrected chi connectivity index (χ4v) is 2.04. The highest BCUT2D eigenvalue weighted by Crippen LogP contribution is 2.04. The summed E-state index contributed by atoms with van der Waals surface area (Å²) in [5.74, 6) is 0. The smallest absolute Gasteiger partial charge is 0.331 e. The summed E-state index contributed by atoms with van der Waals surface area (Å²) in [5.41, 5.74) is 6.52. The highest BCUT2D eigenvalue weighted by molar-refractivity contribution is 7.80. The zero-order valence-electron chi connectivity index (χ0n) is 11.1. The maximum absolute atomic E-state index is 12.1. The van der Waals surface area contributed by atoms with Crippen molar-refractivity contribution in [2.24, 2.45) is 5.73 Å². The van der Waals surface area contributed by atoms with Gasteiger partial charge in [0.25, 0.3) is 5.56 Å². The predicted octanol–water partition coefficient (Wildman–Crippen LogP) is 0.712. The Morgan fingerprint density at radius 1 is 1.20 bits per heavy atom. The third kappa shape index (κ3) is 2.85. The lowest BCUT2D eigenvalue weighted by Gasteiger charge is -2.08. The van der Waals surface area contributed by atoms with Gasteiger partial charge in [0.1, 0.15) is 4.99 Å². The number of thiocarbonyl (C=S) groups is 1. The zero-order valence-corrected chi connectivity index (χ0v) is 11.9. The van der Waals surface area contributed by atoms with Crippen LogP contribution in [-0.4, -0.2) is 14.1 Å². The van der Waals surface area contributed by atoms with Gasteiger partial charge >= 0.3 is 5.69 Å². The van der Waals surface area contributed by atoms with E-state index in [1.807, 2.05) is 19.1 Å². The van der Waals surface area contributed by atoms with E-state index < -0.39 is 0 Å². The van der Waals surface area contributed by atoms with Crippen LogP contribution >= 0.6 is 12.2 Å². The summed E-state index contributed by atoms with van der Waals surface area (Å²) in [6.45, 7) is 2.61. The Bertz CT molecular complexity index is 744. The van der Waals surface area contributed by atoms with Crippen molar-refractivity contribution >= 4 is 17.2 Å². The Morgan fingerprint density at radius 2 is 1.85 bits per heavy atom. The topological polar surface area (TPSA) is 70.0 Å². The van der Waals surface area contributed by atoms with Crippen LogP contribution in [-0.2, 0) is 13.1 Å². The number of rotatable bonds is 4. The minimum Gasteiger partial charge on any atom is -0.389 e. The van der Waals surface area contributed by atoms with Gasteiger partial charge in [-0.25, -0.2) is 4.79 Å². The predicted molar refractivity (Wildman–Crippen MR) is 82.1 cm³/mol. The van der Waals surface area contributed by atoms with Crippen LogP contribution in [0.25, 0.3) is 0 Å².